The van der Waals surface area contributed by atoms with Gasteiger partial charge >= 0.3 is 0 Å². The fourth-order valence-corrected chi connectivity index (χ4v) is 2.58. The molecule has 0 spiro atoms. The van der Waals surface area contributed by atoms with Crippen molar-refractivity contribution in [2.45, 2.75) is 32.9 Å². The van der Waals surface area contributed by atoms with Crippen LogP contribution in [0.25, 0.3) is 0 Å². The SMILES string of the molecule is CC(=O)c1ccc(C#N)cc1NCc1nnc2n1CCC2. The van der Waals surface area contributed by atoms with E-state index in [0.29, 0.717) is 23.4 Å². The van der Waals surface area contributed by atoms with Crippen LogP contribution in [0.4, 0.5) is 5.69 Å². The van der Waals surface area contributed by atoms with Gasteiger partial charge in [0.15, 0.2) is 11.6 Å². The molecule has 0 unspecified atom stereocenters. The Hall–Kier alpha value is -2.68. The minimum Gasteiger partial charge on any atom is -0.377 e. The maximum Gasteiger partial charge on any atom is 0.161 e. The number of carbonyl (C=O) groups is 1. The number of carbonyl (C=O) groups excluding carboxylic acids is 1. The fraction of sp³-hybridized carbons (Fsp3) is 0.333. The molecule has 0 saturated heterocycles. The van der Waals surface area contributed by atoms with Crippen LogP contribution in [0, 0.1) is 11.3 Å². The Balaban J connectivity index is 1.84. The molecule has 0 saturated carbocycles. The van der Waals surface area contributed by atoms with Crippen LogP contribution in [0.15, 0.2) is 18.2 Å². The summed E-state index contributed by atoms with van der Waals surface area (Å²) in [4.78, 5) is 11.7. The monoisotopic (exact) mass is 281 g/mol. The number of hydrogen-bond donors (Lipinski definition) is 1. The van der Waals surface area contributed by atoms with E-state index in [4.69, 9.17) is 5.26 Å². The van der Waals surface area contributed by atoms with E-state index in [2.05, 4.69) is 26.2 Å². The van der Waals surface area contributed by atoms with Gasteiger partial charge < -0.3 is 9.88 Å². The molecule has 1 aromatic heterocycles. The van der Waals surface area contributed by atoms with Crippen molar-refractivity contribution in [3.8, 4) is 6.07 Å². The summed E-state index contributed by atoms with van der Waals surface area (Å²) in [6.07, 6.45) is 2.07. The van der Waals surface area contributed by atoms with E-state index in [-0.39, 0.29) is 5.78 Å². The molecule has 2 aromatic rings. The largest absolute Gasteiger partial charge is 0.377 e. The normalized spacial score (nSPS) is 12.8. The lowest BCUT2D eigenvalue weighted by atomic mass is 10.1. The Kier molecular flexibility index (Phi) is 3.40. The first kappa shape index (κ1) is 13.3. The quantitative estimate of drug-likeness (QED) is 0.865. The van der Waals surface area contributed by atoms with Crippen LogP contribution in [0.2, 0.25) is 0 Å². The molecule has 0 bridgehead atoms. The van der Waals surface area contributed by atoms with Crippen LogP contribution in [0.1, 0.15) is 40.9 Å². The second-order valence-electron chi connectivity index (χ2n) is 5.07. The van der Waals surface area contributed by atoms with Gasteiger partial charge in [-0.15, -0.1) is 10.2 Å². The van der Waals surface area contributed by atoms with Gasteiger partial charge in [0, 0.05) is 24.2 Å². The van der Waals surface area contributed by atoms with E-state index in [1.807, 2.05) is 0 Å². The first-order chi connectivity index (χ1) is 10.2. The third kappa shape index (κ3) is 2.50. The average molecular weight is 281 g/mol. The van der Waals surface area contributed by atoms with E-state index in [9.17, 15) is 4.79 Å². The van der Waals surface area contributed by atoms with Gasteiger partial charge in [0.25, 0.3) is 0 Å². The topological polar surface area (TPSA) is 83.6 Å². The van der Waals surface area contributed by atoms with Crippen LogP contribution in [-0.4, -0.2) is 20.5 Å². The van der Waals surface area contributed by atoms with E-state index >= 15 is 0 Å². The molecule has 1 aliphatic heterocycles. The van der Waals surface area contributed by atoms with E-state index in [0.717, 1.165) is 31.0 Å². The van der Waals surface area contributed by atoms with Gasteiger partial charge in [-0.05, 0) is 31.5 Å². The highest BCUT2D eigenvalue weighted by molar-refractivity contribution is 5.99. The molecule has 0 atom stereocenters. The Labute approximate surface area is 122 Å². The van der Waals surface area contributed by atoms with Gasteiger partial charge in [-0.25, -0.2) is 0 Å². The molecule has 1 aromatic carbocycles. The summed E-state index contributed by atoms with van der Waals surface area (Å²) in [6, 6.07) is 7.10. The summed E-state index contributed by atoms with van der Waals surface area (Å²) in [5.41, 5.74) is 1.76. The van der Waals surface area contributed by atoms with Crippen LogP contribution < -0.4 is 5.32 Å². The summed E-state index contributed by atoms with van der Waals surface area (Å²) in [5, 5.41) is 20.5. The second-order valence-corrected chi connectivity index (χ2v) is 5.07. The smallest absolute Gasteiger partial charge is 0.161 e. The Morgan fingerprint density at radius 1 is 1.48 bits per heavy atom. The van der Waals surface area contributed by atoms with E-state index in [1.54, 1.807) is 18.2 Å². The highest BCUT2D eigenvalue weighted by Gasteiger charge is 2.17. The Morgan fingerprint density at radius 3 is 3.10 bits per heavy atom. The molecule has 2 heterocycles. The van der Waals surface area contributed by atoms with Crippen molar-refractivity contribution < 1.29 is 4.79 Å². The molecular weight excluding hydrogens is 266 g/mol. The minimum atomic E-state index is -0.0338. The van der Waals surface area contributed by atoms with Gasteiger partial charge in [-0.1, -0.05) is 0 Å². The van der Waals surface area contributed by atoms with Gasteiger partial charge in [0.1, 0.15) is 5.82 Å². The van der Waals surface area contributed by atoms with Crippen LogP contribution in [0.3, 0.4) is 0 Å². The number of nitriles is 1. The van der Waals surface area contributed by atoms with E-state index in [1.165, 1.54) is 6.92 Å². The van der Waals surface area contributed by atoms with Crippen LogP contribution in [-0.2, 0) is 19.5 Å². The molecule has 6 nitrogen and oxygen atoms in total. The summed E-state index contributed by atoms with van der Waals surface area (Å²) in [6.45, 7) is 2.95. The molecular formula is C15H15N5O. The molecule has 0 fully saturated rings. The minimum absolute atomic E-state index is 0.0338. The lowest BCUT2D eigenvalue weighted by Gasteiger charge is -2.10. The summed E-state index contributed by atoms with van der Waals surface area (Å²) in [7, 11) is 0. The third-order valence-electron chi connectivity index (χ3n) is 3.65. The van der Waals surface area contributed by atoms with Crippen LogP contribution in [0.5, 0.6) is 0 Å². The van der Waals surface area contributed by atoms with Crippen LogP contribution >= 0.6 is 0 Å². The number of fused-ring (bicyclic) bond motifs is 1. The number of benzene rings is 1. The van der Waals surface area contributed by atoms with Crippen molar-refractivity contribution in [2.24, 2.45) is 0 Å². The van der Waals surface area contributed by atoms with Gasteiger partial charge in [0.05, 0.1) is 18.2 Å². The number of ketones is 1. The van der Waals surface area contributed by atoms with Gasteiger partial charge in [-0.3, -0.25) is 4.79 Å². The number of aryl methyl sites for hydroxylation is 1. The number of rotatable bonds is 4. The van der Waals surface area contributed by atoms with Gasteiger partial charge in [-0.2, -0.15) is 5.26 Å². The lowest BCUT2D eigenvalue weighted by molar-refractivity contribution is 0.101. The van der Waals surface area contributed by atoms with Crippen molar-refractivity contribution in [1.29, 1.82) is 5.26 Å². The highest BCUT2D eigenvalue weighted by atomic mass is 16.1. The maximum atomic E-state index is 11.7. The number of nitrogens with zero attached hydrogens (tertiary/aromatic N) is 4. The fourth-order valence-electron chi connectivity index (χ4n) is 2.58. The number of Topliss-reactive ketones (excluding diaryl/α,β-unsaturated/α-hetero) is 1. The van der Waals surface area contributed by atoms with Crippen molar-refractivity contribution in [3.63, 3.8) is 0 Å². The average Bonchev–Trinajstić information content (AvgIpc) is 3.08. The molecule has 106 valence electrons. The van der Waals surface area contributed by atoms with E-state index < -0.39 is 0 Å². The summed E-state index contributed by atoms with van der Waals surface area (Å²) < 4.78 is 2.11. The molecule has 1 N–H and O–H groups in total. The molecule has 3 rings (SSSR count). The zero-order valence-corrected chi connectivity index (χ0v) is 11.8. The highest BCUT2D eigenvalue weighted by Crippen LogP contribution is 2.20. The molecule has 1 aliphatic rings. The number of anilines is 1. The maximum absolute atomic E-state index is 11.7. The molecule has 21 heavy (non-hydrogen) atoms. The predicted octanol–water partition coefficient (Wildman–Crippen LogP) is 1.91. The van der Waals surface area contributed by atoms with Crippen molar-refractivity contribution in [3.05, 3.63) is 41.0 Å². The number of hydrogen-bond acceptors (Lipinski definition) is 5. The van der Waals surface area contributed by atoms with Crippen molar-refractivity contribution in [1.82, 2.24) is 14.8 Å². The predicted molar refractivity (Wildman–Crippen MR) is 76.8 cm³/mol. The number of nitrogens with one attached hydrogen (secondary N) is 1. The first-order valence-corrected chi connectivity index (χ1v) is 6.89. The lowest BCUT2D eigenvalue weighted by Crippen LogP contribution is -2.10. The van der Waals surface area contributed by atoms with Crippen molar-refractivity contribution in [2.75, 3.05) is 5.32 Å². The van der Waals surface area contributed by atoms with Crippen molar-refractivity contribution >= 4 is 11.5 Å². The first-order valence-electron chi connectivity index (χ1n) is 6.89. The number of aromatic nitrogens is 3. The standard InChI is InChI=1S/C15H15N5O/c1-10(21)12-5-4-11(8-16)7-13(12)17-9-15-19-18-14-3-2-6-20(14)15/h4-5,7,17H,2-3,6,9H2,1H3. The summed E-state index contributed by atoms with van der Waals surface area (Å²) >= 11 is 0. The Morgan fingerprint density at radius 2 is 2.33 bits per heavy atom. The van der Waals surface area contributed by atoms with Gasteiger partial charge in [0.2, 0.25) is 0 Å². The molecule has 0 aliphatic carbocycles. The molecule has 6 heteroatoms. The zero-order chi connectivity index (χ0) is 14.8. The molecule has 0 amide bonds. The second kappa shape index (κ2) is 5.37. The molecule has 0 radical (unpaired) electrons. The Bertz CT molecular complexity index is 741. The summed E-state index contributed by atoms with van der Waals surface area (Å²) in [5.74, 6) is 1.84. The zero-order valence-electron chi connectivity index (χ0n) is 11.8. The third-order valence-corrected chi connectivity index (χ3v) is 3.65.